The van der Waals surface area contributed by atoms with Crippen LogP contribution in [0, 0.1) is 19.7 Å². The molecule has 0 atom stereocenters. The number of anilines is 3. The normalized spacial score (nSPS) is 10.8. The van der Waals surface area contributed by atoms with Gasteiger partial charge in [-0.3, -0.25) is 9.78 Å². The monoisotopic (exact) mass is 484 g/mol. The number of nitrogens with zero attached hydrogens (tertiary/aromatic N) is 4. The minimum absolute atomic E-state index is 0.346. The third-order valence-electron chi connectivity index (χ3n) is 5.35. The molecule has 9 heteroatoms. The van der Waals surface area contributed by atoms with Crippen molar-refractivity contribution in [2.24, 2.45) is 0 Å². The lowest BCUT2D eigenvalue weighted by Gasteiger charge is -2.11. The summed E-state index contributed by atoms with van der Waals surface area (Å²) in [5.41, 5.74) is 5.66. The molecule has 0 unspecified atom stereocenters. The molecule has 0 saturated carbocycles. The highest BCUT2D eigenvalue weighted by Crippen LogP contribution is 2.29. The van der Waals surface area contributed by atoms with Crippen LogP contribution < -0.4 is 10.6 Å². The van der Waals surface area contributed by atoms with Gasteiger partial charge in [0.15, 0.2) is 5.13 Å². The molecule has 35 heavy (non-hydrogen) atoms. The largest absolute Gasteiger partial charge is 0.331 e. The predicted molar refractivity (Wildman–Crippen MR) is 136 cm³/mol. The lowest BCUT2D eigenvalue weighted by Crippen LogP contribution is -2.13. The molecule has 0 aliphatic rings. The first kappa shape index (κ1) is 22.4. The molecular formula is C26H21FN6OS. The fraction of sp³-hybridized carbons (Fsp3) is 0.0769. The van der Waals surface area contributed by atoms with Gasteiger partial charge in [-0.25, -0.2) is 14.4 Å². The SMILES string of the molecule is Cc1cn(-c2cc(F)cc(NC(=O)c3ccc(C)c(Nc4nc(-c5cccnc5)cs4)c3)c2)cn1. The van der Waals surface area contributed by atoms with Crippen LogP contribution in [0.2, 0.25) is 0 Å². The summed E-state index contributed by atoms with van der Waals surface area (Å²) in [6.45, 7) is 3.80. The van der Waals surface area contributed by atoms with E-state index in [-0.39, 0.29) is 5.91 Å². The molecule has 1 amide bonds. The van der Waals surface area contributed by atoms with Crippen LogP contribution in [0.1, 0.15) is 21.6 Å². The Bertz CT molecular complexity index is 1510. The number of hydrogen-bond acceptors (Lipinski definition) is 6. The molecule has 2 N–H and O–H groups in total. The first-order chi connectivity index (χ1) is 16.9. The van der Waals surface area contributed by atoms with Gasteiger partial charge in [0.2, 0.25) is 0 Å². The fourth-order valence-corrected chi connectivity index (χ4v) is 4.28. The Labute approximate surface area is 205 Å². The summed E-state index contributed by atoms with van der Waals surface area (Å²) < 4.78 is 16.0. The van der Waals surface area contributed by atoms with Crippen LogP contribution in [-0.2, 0) is 0 Å². The molecule has 3 aromatic heterocycles. The van der Waals surface area contributed by atoms with Crippen LogP contribution in [0.5, 0.6) is 0 Å². The number of thiazole rings is 1. The van der Waals surface area contributed by atoms with Gasteiger partial charge in [-0.2, -0.15) is 0 Å². The molecule has 0 radical (unpaired) electrons. The highest BCUT2D eigenvalue weighted by Gasteiger charge is 2.12. The van der Waals surface area contributed by atoms with E-state index in [0.717, 1.165) is 28.2 Å². The smallest absolute Gasteiger partial charge is 0.255 e. The maximum Gasteiger partial charge on any atom is 0.255 e. The van der Waals surface area contributed by atoms with Crippen LogP contribution in [0.25, 0.3) is 16.9 Å². The van der Waals surface area contributed by atoms with E-state index < -0.39 is 5.82 Å². The summed E-state index contributed by atoms with van der Waals surface area (Å²) in [5, 5.41) is 8.75. The van der Waals surface area contributed by atoms with Gasteiger partial charge in [-0.1, -0.05) is 6.07 Å². The molecule has 3 heterocycles. The van der Waals surface area contributed by atoms with Crippen molar-refractivity contribution >= 4 is 33.8 Å². The summed E-state index contributed by atoms with van der Waals surface area (Å²) in [7, 11) is 0. The Morgan fingerprint density at radius 3 is 2.77 bits per heavy atom. The van der Waals surface area contributed by atoms with Crippen molar-refractivity contribution in [3.8, 4) is 16.9 Å². The average molecular weight is 485 g/mol. The van der Waals surface area contributed by atoms with Crippen molar-refractivity contribution in [1.29, 1.82) is 0 Å². The highest BCUT2D eigenvalue weighted by molar-refractivity contribution is 7.14. The molecule has 0 bridgehead atoms. The predicted octanol–water partition coefficient (Wildman–Crippen LogP) is 6.14. The van der Waals surface area contributed by atoms with Crippen molar-refractivity contribution in [2.75, 3.05) is 10.6 Å². The average Bonchev–Trinajstić information content (AvgIpc) is 3.50. The molecule has 5 rings (SSSR count). The number of halogens is 1. The second kappa shape index (κ2) is 9.47. The molecule has 0 fully saturated rings. The fourth-order valence-electron chi connectivity index (χ4n) is 3.55. The molecule has 5 aromatic rings. The summed E-state index contributed by atoms with van der Waals surface area (Å²) in [6.07, 6.45) is 6.88. The first-order valence-electron chi connectivity index (χ1n) is 10.8. The molecule has 0 spiro atoms. The third kappa shape index (κ3) is 5.10. The van der Waals surface area contributed by atoms with Gasteiger partial charge in [0.1, 0.15) is 5.82 Å². The van der Waals surface area contributed by atoms with Gasteiger partial charge in [0, 0.05) is 46.5 Å². The Morgan fingerprint density at radius 1 is 1.11 bits per heavy atom. The number of amides is 1. The van der Waals surface area contributed by atoms with Crippen LogP contribution in [0.4, 0.5) is 20.9 Å². The molecule has 0 aliphatic carbocycles. The van der Waals surface area contributed by atoms with Gasteiger partial charge in [-0.15, -0.1) is 11.3 Å². The van der Waals surface area contributed by atoms with E-state index >= 15 is 0 Å². The third-order valence-corrected chi connectivity index (χ3v) is 6.11. The van der Waals surface area contributed by atoms with Crippen molar-refractivity contribution in [1.82, 2.24) is 19.5 Å². The van der Waals surface area contributed by atoms with E-state index in [1.165, 1.54) is 23.5 Å². The zero-order valence-corrected chi connectivity index (χ0v) is 19.8. The van der Waals surface area contributed by atoms with Gasteiger partial charge >= 0.3 is 0 Å². The van der Waals surface area contributed by atoms with Crippen molar-refractivity contribution in [3.63, 3.8) is 0 Å². The summed E-state index contributed by atoms with van der Waals surface area (Å²) in [5.74, 6) is -0.801. The van der Waals surface area contributed by atoms with E-state index in [9.17, 15) is 9.18 Å². The second-order valence-corrected chi connectivity index (χ2v) is 8.87. The van der Waals surface area contributed by atoms with E-state index in [1.54, 1.807) is 47.7 Å². The number of aromatic nitrogens is 4. The molecule has 7 nitrogen and oxygen atoms in total. The summed E-state index contributed by atoms with van der Waals surface area (Å²) in [6, 6.07) is 13.5. The van der Waals surface area contributed by atoms with Gasteiger partial charge < -0.3 is 15.2 Å². The number of carbonyl (C=O) groups excluding carboxylic acids is 1. The quantitative estimate of drug-likeness (QED) is 0.302. The number of aryl methyl sites for hydroxylation is 2. The number of carbonyl (C=O) groups is 1. The molecule has 0 aliphatic heterocycles. The summed E-state index contributed by atoms with van der Waals surface area (Å²) in [4.78, 5) is 25.9. The standard InChI is InChI=1S/C26H21FN6OS/c1-16-5-6-18(8-23(16)31-26-32-24(14-35-26)19-4-3-7-28-12-19)25(34)30-21-9-20(27)10-22(11-21)33-13-17(2)29-15-33/h3-15H,1-2H3,(H,30,34)(H,31,32). The second-order valence-electron chi connectivity index (χ2n) is 8.01. The van der Waals surface area contributed by atoms with Crippen LogP contribution in [-0.4, -0.2) is 25.4 Å². The van der Waals surface area contributed by atoms with Gasteiger partial charge in [-0.05, 0) is 61.9 Å². The Morgan fingerprint density at radius 2 is 2.00 bits per heavy atom. The number of rotatable bonds is 6. The van der Waals surface area contributed by atoms with Crippen LogP contribution in [0.3, 0.4) is 0 Å². The Hall–Kier alpha value is -4.37. The maximum atomic E-state index is 14.3. The number of benzene rings is 2. The first-order valence-corrected chi connectivity index (χ1v) is 11.7. The molecule has 0 saturated heterocycles. The summed E-state index contributed by atoms with van der Waals surface area (Å²) >= 11 is 1.47. The number of nitrogens with one attached hydrogen (secondary N) is 2. The van der Waals surface area contributed by atoms with Crippen molar-refractivity contribution < 1.29 is 9.18 Å². The topological polar surface area (TPSA) is 84.7 Å². The zero-order valence-electron chi connectivity index (χ0n) is 19.0. The molecular weight excluding hydrogens is 463 g/mol. The van der Waals surface area contributed by atoms with E-state index in [4.69, 9.17) is 0 Å². The van der Waals surface area contributed by atoms with Crippen LogP contribution in [0.15, 0.2) is 78.8 Å². The molecule has 174 valence electrons. The lowest BCUT2D eigenvalue weighted by atomic mass is 10.1. The van der Waals surface area contributed by atoms with E-state index in [2.05, 4.69) is 25.6 Å². The number of imidazole rings is 1. The Kier molecular flexibility index (Phi) is 6.07. The number of pyridine rings is 1. The number of hydrogen-bond donors (Lipinski definition) is 2. The Balaban J connectivity index is 1.35. The van der Waals surface area contributed by atoms with Crippen molar-refractivity contribution in [2.45, 2.75) is 13.8 Å². The lowest BCUT2D eigenvalue weighted by molar-refractivity contribution is 0.102. The van der Waals surface area contributed by atoms with Gasteiger partial charge in [0.05, 0.1) is 23.4 Å². The highest BCUT2D eigenvalue weighted by atomic mass is 32.1. The van der Waals surface area contributed by atoms with Crippen molar-refractivity contribution in [3.05, 3.63) is 101 Å². The van der Waals surface area contributed by atoms with Crippen LogP contribution >= 0.6 is 11.3 Å². The minimum atomic E-state index is -0.455. The zero-order chi connectivity index (χ0) is 24.4. The van der Waals surface area contributed by atoms with E-state index in [0.29, 0.717) is 22.1 Å². The van der Waals surface area contributed by atoms with Gasteiger partial charge in [0.25, 0.3) is 5.91 Å². The molecule has 2 aromatic carbocycles. The van der Waals surface area contributed by atoms with E-state index in [1.807, 2.05) is 37.4 Å². The maximum absolute atomic E-state index is 14.3. The minimum Gasteiger partial charge on any atom is -0.331 e.